The standard InChI is InChI=1S/C22H16FN5O3S/c23-16-11-9-15(10-12-16)21-25-26-22(27(21)18-6-2-1-3-7-18)32-14-20(29)24-17-5-4-8-19(13-17)28(30)31/h1-13H,14H2,(H,24,29). The van der Waals surface area contributed by atoms with E-state index < -0.39 is 4.92 Å². The number of carbonyl (C=O) groups is 1. The summed E-state index contributed by atoms with van der Waals surface area (Å²) in [6, 6.07) is 21.0. The molecule has 1 aromatic heterocycles. The Hall–Kier alpha value is -4.05. The van der Waals surface area contributed by atoms with Crippen LogP contribution in [0.3, 0.4) is 0 Å². The summed E-state index contributed by atoms with van der Waals surface area (Å²) in [4.78, 5) is 22.8. The van der Waals surface area contributed by atoms with E-state index >= 15 is 0 Å². The van der Waals surface area contributed by atoms with Gasteiger partial charge in [-0.05, 0) is 42.5 Å². The zero-order valence-electron chi connectivity index (χ0n) is 16.5. The lowest BCUT2D eigenvalue weighted by atomic mass is 10.2. The number of aromatic nitrogens is 3. The molecule has 3 aromatic carbocycles. The Morgan fingerprint density at radius 3 is 2.50 bits per heavy atom. The molecule has 0 aliphatic rings. The first-order valence-corrected chi connectivity index (χ1v) is 10.4. The van der Waals surface area contributed by atoms with Gasteiger partial charge in [0.25, 0.3) is 5.69 Å². The summed E-state index contributed by atoms with van der Waals surface area (Å²) in [5.74, 6) is -0.178. The predicted molar refractivity (Wildman–Crippen MR) is 119 cm³/mol. The number of benzene rings is 3. The second-order valence-corrected chi connectivity index (χ2v) is 7.57. The van der Waals surface area contributed by atoms with E-state index in [1.54, 1.807) is 22.8 Å². The van der Waals surface area contributed by atoms with Gasteiger partial charge in [-0.15, -0.1) is 10.2 Å². The van der Waals surface area contributed by atoms with Gasteiger partial charge in [0.15, 0.2) is 11.0 Å². The third-order valence-electron chi connectivity index (χ3n) is 4.42. The highest BCUT2D eigenvalue weighted by Gasteiger charge is 2.17. The highest BCUT2D eigenvalue weighted by Crippen LogP contribution is 2.28. The molecular weight excluding hydrogens is 433 g/mol. The van der Waals surface area contributed by atoms with Gasteiger partial charge in [-0.1, -0.05) is 36.0 Å². The summed E-state index contributed by atoms with van der Waals surface area (Å²) in [7, 11) is 0. The zero-order chi connectivity index (χ0) is 22.5. The Labute approximate surface area is 186 Å². The van der Waals surface area contributed by atoms with Gasteiger partial charge in [-0.2, -0.15) is 0 Å². The highest BCUT2D eigenvalue weighted by atomic mass is 32.2. The number of non-ortho nitro benzene ring substituents is 1. The lowest BCUT2D eigenvalue weighted by Crippen LogP contribution is -2.14. The molecule has 32 heavy (non-hydrogen) atoms. The first kappa shape index (κ1) is 21.2. The molecule has 1 amide bonds. The largest absolute Gasteiger partial charge is 0.325 e. The third kappa shape index (κ3) is 4.81. The van der Waals surface area contributed by atoms with Gasteiger partial charge in [-0.25, -0.2) is 4.39 Å². The molecule has 1 N–H and O–H groups in total. The molecule has 160 valence electrons. The zero-order valence-corrected chi connectivity index (χ0v) is 17.3. The van der Waals surface area contributed by atoms with E-state index in [2.05, 4.69) is 15.5 Å². The van der Waals surface area contributed by atoms with Crippen LogP contribution in [0, 0.1) is 15.9 Å². The topological polar surface area (TPSA) is 103 Å². The van der Waals surface area contributed by atoms with Crippen molar-refractivity contribution >= 4 is 29.0 Å². The van der Waals surface area contributed by atoms with E-state index in [-0.39, 0.29) is 23.2 Å². The Balaban J connectivity index is 1.56. The van der Waals surface area contributed by atoms with Crippen LogP contribution in [0.1, 0.15) is 0 Å². The highest BCUT2D eigenvalue weighted by molar-refractivity contribution is 7.99. The molecule has 0 atom stereocenters. The fraction of sp³-hybridized carbons (Fsp3) is 0.0455. The molecule has 1 heterocycles. The van der Waals surface area contributed by atoms with E-state index in [4.69, 9.17) is 0 Å². The molecule has 0 aliphatic carbocycles. The number of para-hydroxylation sites is 1. The normalized spacial score (nSPS) is 10.7. The van der Waals surface area contributed by atoms with E-state index in [9.17, 15) is 19.3 Å². The minimum atomic E-state index is -0.524. The second-order valence-electron chi connectivity index (χ2n) is 6.63. The molecule has 0 aliphatic heterocycles. The van der Waals surface area contributed by atoms with E-state index in [0.717, 1.165) is 5.69 Å². The van der Waals surface area contributed by atoms with Crippen molar-refractivity contribution in [3.05, 3.63) is 94.8 Å². The van der Waals surface area contributed by atoms with E-state index in [1.807, 2.05) is 30.3 Å². The summed E-state index contributed by atoms with van der Waals surface area (Å²) in [6.07, 6.45) is 0. The Kier molecular flexibility index (Phi) is 6.22. The van der Waals surface area contributed by atoms with Gasteiger partial charge >= 0.3 is 0 Å². The van der Waals surface area contributed by atoms with E-state index in [0.29, 0.717) is 22.2 Å². The number of carbonyl (C=O) groups excluding carboxylic acids is 1. The third-order valence-corrected chi connectivity index (χ3v) is 5.35. The summed E-state index contributed by atoms with van der Waals surface area (Å²) < 4.78 is 15.2. The summed E-state index contributed by atoms with van der Waals surface area (Å²) >= 11 is 1.17. The van der Waals surface area contributed by atoms with Crippen LogP contribution < -0.4 is 5.32 Å². The molecule has 8 nitrogen and oxygen atoms in total. The number of amides is 1. The van der Waals surface area contributed by atoms with Gasteiger partial charge in [0, 0.05) is 29.1 Å². The average molecular weight is 449 g/mol. The van der Waals surface area contributed by atoms with Gasteiger partial charge < -0.3 is 5.32 Å². The molecule has 4 rings (SSSR count). The molecule has 0 unspecified atom stereocenters. The molecule has 0 fully saturated rings. The van der Waals surface area contributed by atoms with E-state index in [1.165, 1.54) is 42.1 Å². The molecule has 0 saturated heterocycles. The van der Waals surface area contributed by atoms with Crippen LogP contribution in [-0.4, -0.2) is 31.3 Å². The summed E-state index contributed by atoms with van der Waals surface area (Å²) in [5.41, 5.74) is 1.69. The minimum Gasteiger partial charge on any atom is -0.325 e. The Morgan fingerprint density at radius 1 is 1.03 bits per heavy atom. The van der Waals surface area contributed by atoms with Crippen LogP contribution in [0.2, 0.25) is 0 Å². The van der Waals surface area contributed by atoms with Crippen LogP contribution in [0.4, 0.5) is 15.8 Å². The lowest BCUT2D eigenvalue weighted by molar-refractivity contribution is -0.384. The molecule has 0 saturated carbocycles. The van der Waals surface area contributed by atoms with Crippen molar-refractivity contribution < 1.29 is 14.1 Å². The molecule has 10 heteroatoms. The van der Waals surface area contributed by atoms with Crippen molar-refractivity contribution in [1.29, 1.82) is 0 Å². The van der Waals surface area contributed by atoms with Gasteiger partial charge in [-0.3, -0.25) is 19.5 Å². The van der Waals surface area contributed by atoms with Crippen LogP contribution in [0.5, 0.6) is 0 Å². The second kappa shape index (κ2) is 9.40. The van der Waals surface area contributed by atoms with Crippen molar-refractivity contribution in [2.45, 2.75) is 5.16 Å². The van der Waals surface area contributed by atoms with Crippen LogP contribution in [0.15, 0.2) is 84.0 Å². The van der Waals surface area contributed by atoms with Gasteiger partial charge in [0.1, 0.15) is 5.82 Å². The maximum Gasteiger partial charge on any atom is 0.271 e. The quantitative estimate of drug-likeness (QED) is 0.249. The van der Waals surface area contributed by atoms with Crippen LogP contribution in [-0.2, 0) is 4.79 Å². The van der Waals surface area contributed by atoms with Crippen molar-refractivity contribution in [2.24, 2.45) is 0 Å². The number of anilines is 1. The van der Waals surface area contributed by atoms with Crippen molar-refractivity contribution in [3.8, 4) is 17.1 Å². The van der Waals surface area contributed by atoms with Crippen LogP contribution in [0.25, 0.3) is 17.1 Å². The molecule has 0 bridgehead atoms. The predicted octanol–water partition coefficient (Wildman–Crippen LogP) is 4.71. The van der Waals surface area contributed by atoms with Crippen LogP contribution >= 0.6 is 11.8 Å². The number of hydrogen-bond donors (Lipinski definition) is 1. The number of hydrogen-bond acceptors (Lipinski definition) is 6. The smallest absolute Gasteiger partial charge is 0.271 e. The Bertz CT molecular complexity index is 1260. The first-order chi connectivity index (χ1) is 15.5. The maximum absolute atomic E-state index is 13.4. The number of thioether (sulfide) groups is 1. The number of nitro groups is 1. The molecule has 0 radical (unpaired) electrons. The fourth-order valence-corrected chi connectivity index (χ4v) is 3.74. The number of rotatable bonds is 7. The summed E-state index contributed by atoms with van der Waals surface area (Å²) in [5, 5.41) is 22.5. The maximum atomic E-state index is 13.4. The fourth-order valence-electron chi connectivity index (χ4n) is 2.98. The number of nitrogens with one attached hydrogen (secondary N) is 1. The number of nitro benzene ring substituents is 1. The first-order valence-electron chi connectivity index (χ1n) is 9.45. The average Bonchev–Trinajstić information content (AvgIpc) is 3.23. The molecular formula is C22H16FN5O3S. The summed E-state index contributed by atoms with van der Waals surface area (Å²) in [6.45, 7) is 0. The van der Waals surface area contributed by atoms with Crippen molar-refractivity contribution in [3.63, 3.8) is 0 Å². The molecule has 0 spiro atoms. The lowest BCUT2D eigenvalue weighted by Gasteiger charge is -2.10. The number of nitrogens with zero attached hydrogens (tertiary/aromatic N) is 4. The van der Waals surface area contributed by atoms with Gasteiger partial charge in [0.05, 0.1) is 10.7 Å². The van der Waals surface area contributed by atoms with Crippen molar-refractivity contribution in [1.82, 2.24) is 14.8 Å². The van der Waals surface area contributed by atoms with Gasteiger partial charge in [0.2, 0.25) is 5.91 Å². The number of halogens is 1. The SMILES string of the molecule is O=C(CSc1nnc(-c2ccc(F)cc2)n1-c1ccccc1)Nc1cccc([N+](=O)[O-])c1. The van der Waals surface area contributed by atoms with Crippen molar-refractivity contribution in [2.75, 3.05) is 11.1 Å². The monoisotopic (exact) mass is 449 g/mol. The molecule has 4 aromatic rings. The minimum absolute atomic E-state index is 0.0110. The Morgan fingerprint density at radius 2 is 1.78 bits per heavy atom.